The highest BCUT2D eigenvalue weighted by atomic mass is 19.1. The van der Waals surface area contributed by atoms with Gasteiger partial charge in [-0.05, 0) is 31.4 Å². The maximum absolute atomic E-state index is 13.3. The molecule has 4 aromatic rings. The van der Waals surface area contributed by atoms with Crippen LogP contribution in [0.2, 0.25) is 0 Å². The van der Waals surface area contributed by atoms with E-state index in [4.69, 9.17) is 9.26 Å². The molecule has 3 aliphatic rings. The molecule has 1 aliphatic heterocycles. The fraction of sp³-hybridized carbons (Fsp3) is 0.385. The molecule has 35 heavy (non-hydrogen) atoms. The molecule has 9 heteroatoms. The molecule has 0 radical (unpaired) electrons. The van der Waals surface area contributed by atoms with E-state index < -0.39 is 6.17 Å². The maximum Gasteiger partial charge on any atom is 0.274 e. The van der Waals surface area contributed by atoms with Crippen molar-refractivity contribution in [2.24, 2.45) is 11.3 Å². The minimum absolute atomic E-state index is 0.154. The zero-order chi connectivity index (χ0) is 24.1. The van der Waals surface area contributed by atoms with Crippen LogP contribution in [-0.2, 0) is 6.42 Å². The average Bonchev–Trinajstić information content (AvgIpc) is 3.45. The Kier molecular flexibility index (Phi) is 4.06. The normalized spacial score (nSPS) is 28.2. The van der Waals surface area contributed by atoms with Crippen LogP contribution < -0.4 is 10.1 Å². The van der Waals surface area contributed by atoms with Gasteiger partial charge in [0.05, 0.1) is 12.1 Å². The molecule has 8 nitrogen and oxygen atoms in total. The number of ether oxygens (including phenoxy) is 1. The number of fused-ring (bicyclic) bond motifs is 3. The largest absolute Gasteiger partial charge is 0.489 e. The second kappa shape index (κ2) is 6.90. The summed E-state index contributed by atoms with van der Waals surface area (Å²) in [5, 5.41) is 6.99. The number of benzene rings is 1. The number of halogens is 1. The quantitative estimate of drug-likeness (QED) is 0.461. The van der Waals surface area contributed by atoms with E-state index in [1.54, 1.807) is 12.3 Å². The number of hydrogen-bond acceptors (Lipinski definition) is 6. The van der Waals surface area contributed by atoms with Crippen molar-refractivity contribution in [3.05, 3.63) is 59.4 Å². The van der Waals surface area contributed by atoms with Crippen molar-refractivity contribution in [2.45, 2.75) is 51.8 Å². The number of carbonyl (C=O) groups is 1. The van der Waals surface area contributed by atoms with E-state index >= 15 is 0 Å². The predicted molar refractivity (Wildman–Crippen MR) is 125 cm³/mol. The zero-order valence-corrected chi connectivity index (χ0v) is 19.6. The molecule has 2 saturated carbocycles. The molecule has 1 amide bonds. The minimum atomic E-state index is -0.907. The molecule has 3 aromatic heterocycles. The summed E-state index contributed by atoms with van der Waals surface area (Å²) >= 11 is 0. The van der Waals surface area contributed by atoms with Gasteiger partial charge in [0.2, 0.25) is 11.7 Å². The molecule has 0 bridgehead atoms. The van der Waals surface area contributed by atoms with Crippen LogP contribution in [0.4, 0.5) is 10.1 Å². The second-order valence-electron chi connectivity index (χ2n) is 10.3. The molecule has 1 N–H and O–H groups in total. The van der Waals surface area contributed by atoms with Crippen molar-refractivity contribution < 1.29 is 18.4 Å². The number of nitrogens with one attached hydrogen (secondary N) is 1. The van der Waals surface area contributed by atoms with Crippen molar-refractivity contribution in [3.63, 3.8) is 0 Å². The topological polar surface area (TPSA) is 94.6 Å². The smallest absolute Gasteiger partial charge is 0.274 e. The van der Waals surface area contributed by atoms with Gasteiger partial charge in [-0.1, -0.05) is 31.1 Å². The fourth-order valence-corrected chi connectivity index (χ4v) is 5.25. The standard InChI is InChI=1S/C26H24FN5O3/c1-12-4-5-14(23-30-25(35-31-23)16-7-17(16)27)6-18(12)29-24(33)19-10-28-21-8-20-15(11-32(19)21)9-26(3)13(2)22(26)34-20/h4-6,8,10-11,13,16-17,22H,7,9H2,1-3H3,(H,29,33)/t13?,16-,17+,22?,26?/m1/s1. The van der Waals surface area contributed by atoms with Crippen molar-refractivity contribution >= 4 is 17.2 Å². The van der Waals surface area contributed by atoms with Gasteiger partial charge >= 0.3 is 0 Å². The number of carbonyl (C=O) groups excluding carboxylic acids is 1. The third-order valence-electron chi connectivity index (χ3n) is 8.00. The number of aromatic nitrogens is 4. The summed E-state index contributed by atoms with van der Waals surface area (Å²) in [5.74, 6) is 1.48. The summed E-state index contributed by atoms with van der Waals surface area (Å²) in [6, 6.07) is 7.45. The van der Waals surface area contributed by atoms with Crippen molar-refractivity contribution in [1.82, 2.24) is 19.5 Å². The summed E-state index contributed by atoms with van der Waals surface area (Å²) in [6.45, 7) is 6.38. The third-order valence-corrected chi connectivity index (χ3v) is 8.00. The highest BCUT2D eigenvalue weighted by Gasteiger charge is 2.62. The van der Waals surface area contributed by atoms with E-state index in [2.05, 4.69) is 34.3 Å². The Morgan fingerprint density at radius 3 is 2.94 bits per heavy atom. The van der Waals surface area contributed by atoms with Crippen LogP contribution in [0.3, 0.4) is 0 Å². The lowest BCUT2D eigenvalue weighted by Crippen LogP contribution is -2.19. The number of aryl methyl sites for hydroxylation is 1. The van der Waals surface area contributed by atoms with Crippen molar-refractivity contribution in [1.29, 1.82) is 0 Å². The number of alkyl halides is 1. The van der Waals surface area contributed by atoms with E-state index in [1.165, 1.54) is 0 Å². The molecule has 0 saturated heterocycles. The van der Waals surface area contributed by atoms with Crippen LogP contribution in [0.25, 0.3) is 17.0 Å². The number of amides is 1. The molecule has 3 unspecified atom stereocenters. The molecule has 2 aliphatic carbocycles. The van der Waals surface area contributed by atoms with Crippen LogP contribution >= 0.6 is 0 Å². The lowest BCUT2D eigenvalue weighted by Gasteiger charge is -2.22. The van der Waals surface area contributed by atoms with Crippen LogP contribution in [0.15, 0.2) is 41.2 Å². The van der Waals surface area contributed by atoms with Gasteiger partial charge in [-0.3, -0.25) is 9.20 Å². The molecule has 7 rings (SSSR count). The first-order valence-electron chi connectivity index (χ1n) is 11.9. The maximum atomic E-state index is 13.3. The molecule has 1 aromatic carbocycles. The second-order valence-corrected chi connectivity index (χ2v) is 10.3. The molecular weight excluding hydrogens is 449 g/mol. The third kappa shape index (κ3) is 3.10. The Morgan fingerprint density at radius 2 is 2.14 bits per heavy atom. The monoisotopic (exact) mass is 473 g/mol. The van der Waals surface area contributed by atoms with Crippen LogP contribution in [0.5, 0.6) is 5.75 Å². The van der Waals surface area contributed by atoms with Gasteiger partial charge in [-0.15, -0.1) is 0 Å². The summed E-state index contributed by atoms with van der Waals surface area (Å²) in [4.78, 5) is 22.1. The molecular formula is C26H24FN5O3. The zero-order valence-electron chi connectivity index (χ0n) is 19.6. The summed E-state index contributed by atoms with van der Waals surface area (Å²) in [7, 11) is 0. The number of anilines is 1. The number of imidazole rings is 1. The first-order valence-corrected chi connectivity index (χ1v) is 11.9. The SMILES string of the molecule is Cc1ccc(-c2noc([C@@H]3C[C@@H]3F)n2)cc1NC(=O)c1cnc2cc3c(cn12)CC1(C)C(C)C1O3. The average molecular weight is 474 g/mol. The van der Waals surface area contributed by atoms with Crippen molar-refractivity contribution in [2.75, 3.05) is 5.32 Å². The lowest BCUT2D eigenvalue weighted by atomic mass is 9.95. The van der Waals surface area contributed by atoms with Gasteiger partial charge in [-0.25, -0.2) is 9.37 Å². The van der Waals surface area contributed by atoms with Crippen LogP contribution in [0, 0.1) is 18.3 Å². The van der Waals surface area contributed by atoms with E-state index in [0.29, 0.717) is 46.6 Å². The molecule has 2 fully saturated rings. The van der Waals surface area contributed by atoms with E-state index in [-0.39, 0.29) is 23.3 Å². The van der Waals surface area contributed by atoms with E-state index in [1.807, 2.05) is 35.7 Å². The number of nitrogens with zero attached hydrogens (tertiary/aromatic N) is 4. The highest BCUT2D eigenvalue weighted by molar-refractivity contribution is 6.04. The lowest BCUT2D eigenvalue weighted by molar-refractivity contribution is 0.102. The van der Waals surface area contributed by atoms with E-state index in [9.17, 15) is 9.18 Å². The van der Waals surface area contributed by atoms with Gasteiger partial charge in [0.1, 0.15) is 29.4 Å². The van der Waals surface area contributed by atoms with Gasteiger partial charge in [0.15, 0.2) is 0 Å². The molecule has 0 spiro atoms. The number of pyridine rings is 1. The Bertz CT molecular complexity index is 1530. The predicted octanol–water partition coefficient (Wildman–Crippen LogP) is 4.73. The molecule has 5 atom stereocenters. The summed E-state index contributed by atoms with van der Waals surface area (Å²) in [6.07, 6.45) is 4.23. The van der Waals surface area contributed by atoms with Crippen molar-refractivity contribution in [3.8, 4) is 17.1 Å². The fourth-order valence-electron chi connectivity index (χ4n) is 5.25. The Balaban J connectivity index is 1.17. The Labute approximate surface area is 200 Å². The number of hydrogen-bond donors (Lipinski definition) is 1. The van der Waals surface area contributed by atoms with Gasteiger partial charge in [0.25, 0.3) is 5.91 Å². The Hall–Kier alpha value is -3.75. The number of rotatable bonds is 4. The molecule has 4 heterocycles. The first kappa shape index (κ1) is 20.6. The summed E-state index contributed by atoms with van der Waals surface area (Å²) < 4.78 is 26.6. The highest BCUT2D eigenvalue weighted by Crippen LogP contribution is 2.59. The van der Waals surface area contributed by atoms with E-state index in [0.717, 1.165) is 23.3 Å². The van der Waals surface area contributed by atoms with Crippen LogP contribution in [-0.4, -0.2) is 37.7 Å². The van der Waals surface area contributed by atoms with Gasteiger partial charge in [0, 0.05) is 40.4 Å². The van der Waals surface area contributed by atoms with Crippen LogP contribution in [0.1, 0.15) is 53.7 Å². The first-order chi connectivity index (χ1) is 16.8. The van der Waals surface area contributed by atoms with Gasteiger partial charge in [-0.2, -0.15) is 4.98 Å². The minimum Gasteiger partial charge on any atom is -0.489 e. The summed E-state index contributed by atoms with van der Waals surface area (Å²) in [5.41, 5.74) is 4.55. The molecule has 178 valence electrons. The van der Waals surface area contributed by atoms with Gasteiger partial charge < -0.3 is 14.6 Å². The Morgan fingerprint density at radius 1 is 1.31 bits per heavy atom.